The number of rotatable bonds is 8. The Hall–Kier alpha value is -2.41. The number of amides is 3. The van der Waals surface area contributed by atoms with Crippen LogP contribution in [0.5, 0.6) is 0 Å². The van der Waals surface area contributed by atoms with Gasteiger partial charge >= 0.3 is 0 Å². The van der Waals surface area contributed by atoms with Crippen molar-refractivity contribution in [2.75, 3.05) is 32.0 Å². The van der Waals surface area contributed by atoms with Crippen LogP contribution < -0.4 is 16.0 Å². The van der Waals surface area contributed by atoms with Crippen molar-refractivity contribution in [2.24, 2.45) is 0 Å². The minimum atomic E-state index is -0.607. The van der Waals surface area contributed by atoms with E-state index in [0.29, 0.717) is 6.54 Å². The lowest BCUT2D eigenvalue weighted by Crippen LogP contribution is -2.48. The molecular weight excluding hydrogens is 320 g/mol. The van der Waals surface area contributed by atoms with Gasteiger partial charge in [-0.15, -0.1) is 0 Å². The Bertz CT molecular complexity index is 610. The SMILES string of the molecule is CCNC(=O)[C@H](C)NC(=O)CN(C)CC(=O)Nc1c(C)cccc1C. The molecule has 0 saturated carbocycles. The van der Waals surface area contributed by atoms with Gasteiger partial charge in [0.15, 0.2) is 0 Å². The summed E-state index contributed by atoms with van der Waals surface area (Å²) in [7, 11) is 1.68. The number of carbonyl (C=O) groups is 3. The summed E-state index contributed by atoms with van der Waals surface area (Å²) in [6, 6.07) is 5.20. The fraction of sp³-hybridized carbons (Fsp3) is 0.500. The molecule has 7 heteroatoms. The van der Waals surface area contributed by atoms with Gasteiger partial charge in [0, 0.05) is 12.2 Å². The second-order valence-electron chi connectivity index (χ2n) is 6.17. The zero-order chi connectivity index (χ0) is 19.0. The van der Waals surface area contributed by atoms with Gasteiger partial charge in [0.1, 0.15) is 6.04 Å². The molecule has 0 aliphatic rings. The largest absolute Gasteiger partial charge is 0.355 e. The highest BCUT2D eigenvalue weighted by Crippen LogP contribution is 2.19. The highest BCUT2D eigenvalue weighted by Gasteiger charge is 2.17. The molecular formula is C18H28N4O3. The average Bonchev–Trinajstić information content (AvgIpc) is 2.50. The van der Waals surface area contributed by atoms with Gasteiger partial charge in [-0.2, -0.15) is 0 Å². The first-order chi connectivity index (χ1) is 11.7. The normalized spacial score (nSPS) is 11.8. The van der Waals surface area contributed by atoms with Gasteiger partial charge in [-0.05, 0) is 45.9 Å². The lowest BCUT2D eigenvalue weighted by Gasteiger charge is -2.19. The first-order valence-electron chi connectivity index (χ1n) is 8.36. The van der Waals surface area contributed by atoms with E-state index in [4.69, 9.17) is 0 Å². The Balaban J connectivity index is 2.48. The monoisotopic (exact) mass is 348 g/mol. The lowest BCUT2D eigenvalue weighted by molar-refractivity contribution is -0.129. The van der Waals surface area contributed by atoms with Gasteiger partial charge in [-0.25, -0.2) is 0 Å². The average molecular weight is 348 g/mol. The van der Waals surface area contributed by atoms with E-state index in [0.717, 1.165) is 16.8 Å². The number of anilines is 1. The molecule has 0 spiro atoms. The molecule has 0 saturated heterocycles. The summed E-state index contributed by atoms with van der Waals surface area (Å²) < 4.78 is 0. The van der Waals surface area contributed by atoms with E-state index in [1.807, 2.05) is 39.0 Å². The Labute approximate surface area is 149 Å². The van der Waals surface area contributed by atoms with Crippen LogP contribution in [0.25, 0.3) is 0 Å². The van der Waals surface area contributed by atoms with E-state index in [-0.39, 0.29) is 30.8 Å². The van der Waals surface area contributed by atoms with Crippen LogP contribution in [-0.4, -0.2) is 55.3 Å². The van der Waals surface area contributed by atoms with E-state index in [2.05, 4.69) is 16.0 Å². The van der Waals surface area contributed by atoms with Crippen LogP contribution in [0.1, 0.15) is 25.0 Å². The number of aryl methyl sites for hydroxylation is 2. The highest BCUT2D eigenvalue weighted by molar-refractivity contribution is 5.94. The van der Waals surface area contributed by atoms with Gasteiger partial charge in [0.05, 0.1) is 13.1 Å². The number of carbonyl (C=O) groups excluding carboxylic acids is 3. The zero-order valence-electron chi connectivity index (χ0n) is 15.6. The van der Waals surface area contributed by atoms with Crippen LogP contribution in [0.4, 0.5) is 5.69 Å². The molecule has 1 rings (SSSR count). The van der Waals surface area contributed by atoms with Crippen molar-refractivity contribution >= 4 is 23.4 Å². The summed E-state index contributed by atoms with van der Waals surface area (Å²) in [4.78, 5) is 37.3. The first-order valence-corrected chi connectivity index (χ1v) is 8.36. The number of nitrogens with zero attached hydrogens (tertiary/aromatic N) is 1. The third-order valence-corrected chi connectivity index (χ3v) is 3.69. The van der Waals surface area contributed by atoms with Crippen LogP contribution in [0, 0.1) is 13.8 Å². The summed E-state index contributed by atoms with van der Waals surface area (Å²) in [6.45, 7) is 7.93. The van der Waals surface area contributed by atoms with Crippen molar-refractivity contribution in [3.8, 4) is 0 Å². The molecule has 0 heterocycles. The maximum Gasteiger partial charge on any atom is 0.242 e. The molecule has 0 aromatic heterocycles. The van der Waals surface area contributed by atoms with Crippen LogP contribution in [0.15, 0.2) is 18.2 Å². The summed E-state index contributed by atoms with van der Waals surface area (Å²) in [5.41, 5.74) is 2.78. The minimum absolute atomic E-state index is 0.0317. The van der Waals surface area contributed by atoms with Crippen LogP contribution >= 0.6 is 0 Å². The van der Waals surface area contributed by atoms with E-state index in [9.17, 15) is 14.4 Å². The van der Waals surface area contributed by atoms with Gasteiger partial charge in [-0.3, -0.25) is 19.3 Å². The predicted octanol–water partition coefficient (Wildman–Crippen LogP) is 0.815. The number of likely N-dealkylation sites (N-methyl/N-ethyl adjacent to an activating group) is 2. The molecule has 25 heavy (non-hydrogen) atoms. The molecule has 7 nitrogen and oxygen atoms in total. The minimum Gasteiger partial charge on any atom is -0.355 e. The molecule has 3 amide bonds. The van der Waals surface area contributed by atoms with Crippen molar-refractivity contribution in [1.82, 2.24) is 15.5 Å². The van der Waals surface area contributed by atoms with Gasteiger partial charge in [-0.1, -0.05) is 18.2 Å². The summed E-state index contributed by atoms with van der Waals surface area (Å²) in [5.74, 6) is -0.725. The van der Waals surface area contributed by atoms with Gasteiger partial charge in [0.2, 0.25) is 17.7 Å². The quantitative estimate of drug-likeness (QED) is 0.649. The van der Waals surface area contributed by atoms with Gasteiger partial charge < -0.3 is 16.0 Å². The fourth-order valence-corrected chi connectivity index (χ4v) is 2.42. The second-order valence-corrected chi connectivity index (χ2v) is 6.17. The van der Waals surface area contributed by atoms with Crippen LogP contribution in [0.3, 0.4) is 0 Å². The number of nitrogens with one attached hydrogen (secondary N) is 3. The number of hydrogen-bond donors (Lipinski definition) is 3. The standard InChI is InChI=1S/C18H28N4O3/c1-6-19-18(25)14(4)20-15(23)10-22(5)11-16(24)21-17-12(2)8-7-9-13(17)3/h7-9,14H,6,10-11H2,1-5H3,(H,19,25)(H,20,23)(H,21,24)/t14-/m0/s1. The van der Waals surface area contributed by atoms with Crippen molar-refractivity contribution in [3.63, 3.8) is 0 Å². The van der Waals surface area contributed by atoms with Crippen molar-refractivity contribution in [1.29, 1.82) is 0 Å². The molecule has 1 aromatic rings. The molecule has 0 bridgehead atoms. The molecule has 0 fully saturated rings. The Morgan fingerprint density at radius 2 is 1.64 bits per heavy atom. The number of benzene rings is 1. The molecule has 0 unspecified atom stereocenters. The number of hydrogen-bond acceptors (Lipinski definition) is 4. The highest BCUT2D eigenvalue weighted by atomic mass is 16.2. The van der Waals surface area contributed by atoms with Crippen LogP contribution in [0.2, 0.25) is 0 Å². The Kier molecular flexibility index (Phi) is 8.07. The summed E-state index contributed by atoms with van der Waals surface area (Å²) >= 11 is 0. The lowest BCUT2D eigenvalue weighted by atomic mass is 10.1. The van der Waals surface area contributed by atoms with Crippen molar-refractivity contribution in [2.45, 2.75) is 33.7 Å². The van der Waals surface area contributed by atoms with Crippen LogP contribution in [-0.2, 0) is 14.4 Å². The van der Waals surface area contributed by atoms with Crippen molar-refractivity contribution in [3.05, 3.63) is 29.3 Å². The number of para-hydroxylation sites is 1. The second kappa shape index (κ2) is 9.78. The molecule has 0 radical (unpaired) electrons. The van der Waals surface area contributed by atoms with E-state index in [1.54, 1.807) is 18.9 Å². The molecule has 3 N–H and O–H groups in total. The predicted molar refractivity (Wildman–Crippen MR) is 98.3 cm³/mol. The van der Waals surface area contributed by atoms with Gasteiger partial charge in [0.25, 0.3) is 0 Å². The third kappa shape index (κ3) is 6.93. The molecule has 1 aromatic carbocycles. The maximum atomic E-state index is 12.2. The van der Waals surface area contributed by atoms with E-state index in [1.165, 1.54) is 0 Å². The Morgan fingerprint density at radius 1 is 1.08 bits per heavy atom. The Morgan fingerprint density at radius 3 is 2.20 bits per heavy atom. The molecule has 0 aliphatic heterocycles. The first kappa shape index (κ1) is 20.6. The molecule has 0 aliphatic carbocycles. The topological polar surface area (TPSA) is 90.5 Å². The zero-order valence-corrected chi connectivity index (χ0v) is 15.6. The fourth-order valence-electron chi connectivity index (χ4n) is 2.42. The molecule has 138 valence electrons. The van der Waals surface area contributed by atoms with Crippen molar-refractivity contribution < 1.29 is 14.4 Å². The smallest absolute Gasteiger partial charge is 0.242 e. The van der Waals surface area contributed by atoms with E-state index < -0.39 is 6.04 Å². The van der Waals surface area contributed by atoms with E-state index >= 15 is 0 Å². The summed E-state index contributed by atoms with van der Waals surface area (Å²) in [6.07, 6.45) is 0. The molecule has 1 atom stereocenters. The summed E-state index contributed by atoms with van der Waals surface area (Å²) in [5, 5.41) is 8.14. The maximum absolute atomic E-state index is 12.2. The third-order valence-electron chi connectivity index (χ3n) is 3.69.